The quantitative estimate of drug-likeness (QED) is 0.870. The van der Waals surface area contributed by atoms with Crippen LogP contribution in [0, 0.1) is 0 Å². The second kappa shape index (κ2) is 5.34. The van der Waals surface area contributed by atoms with E-state index in [0.29, 0.717) is 6.54 Å². The molecule has 0 fully saturated rings. The van der Waals surface area contributed by atoms with E-state index in [-0.39, 0.29) is 0 Å². The molecule has 0 aliphatic carbocycles. The molecule has 2 rings (SSSR count). The molecule has 20 heavy (non-hydrogen) atoms. The van der Waals surface area contributed by atoms with Crippen molar-refractivity contribution in [3.63, 3.8) is 0 Å². The van der Waals surface area contributed by atoms with E-state index in [2.05, 4.69) is 20.2 Å². The first kappa shape index (κ1) is 14.7. The van der Waals surface area contributed by atoms with Crippen LogP contribution < -0.4 is 10.0 Å². The molecule has 0 spiro atoms. The predicted octanol–water partition coefficient (Wildman–Crippen LogP) is 1.37. The van der Waals surface area contributed by atoms with Crippen molar-refractivity contribution in [2.45, 2.75) is 19.4 Å². The molecule has 0 aliphatic rings. The van der Waals surface area contributed by atoms with Crippen LogP contribution in [0.1, 0.15) is 13.8 Å². The standard InChI is InChI=1S/C13H18N4O2S/c1-13(2,17-20(3,18)19)9-14-12-8-15-16-11-7-5-4-6-10(11)12/h4-8,17H,9H2,1-3H3,(H,14,16). The Morgan fingerprint density at radius 3 is 2.65 bits per heavy atom. The summed E-state index contributed by atoms with van der Waals surface area (Å²) in [5.74, 6) is 0. The SMILES string of the molecule is CC(C)(CNc1cnnc2ccccc12)NS(C)(=O)=O. The molecule has 0 aliphatic heterocycles. The highest BCUT2D eigenvalue weighted by Gasteiger charge is 2.22. The van der Waals surface area contributed by atoms with E-state index < -0.39 is 15.6 Å². The van der Waals surface area contributed by atoms with Crippen molar-refractivity contribution in [2.75, 3.05) is 18.1 Å². The first-order valence-corrected chi connectivity index (χ1v) is 8.09. The molecule has 0 saturated carbocycles. The molecule has 0 saturated heterocycles. The molecule has 2 aromatic rings. The first-order valence-electron chi connectivity index (χ1n) is 6.20. The smallest absolute Gasteiger partial charge is 0.209 e. The number of rotatable bonds is 5. The van der Waals surface area contributed by atoms with Gasteiger partial charge in [-0.1, -0.05) is 18.2 Å². The molecule has 0 radical (unpaired) electrons. The van der Waals surface area contributed by atoms with Gasteiger partial charge in [0, 0.05) is 17.5 Å². The summed E-state index contributed by atoms with van der Waals surface area (Å²) in [7, 11) is -3.25. The van der Waals surface area contributed by atoms with Gasteiger partial charge in [-0.15, -0.1) is 0 Å². The van der Waals surface area contributed by atoms with Crippen LogP contribution in [0.2, 0.25) is 0 Å². The third-order valence-electron chi connectivity index (χ3n) is 2.73. The van der Waals surface area contributed by atoms with E-state index in [4.69, 9.17) is 0 Å². The van der Waals surface area contributed by atoms with Crippen LogP contribution >= 0.6 is 0 Å². The third kappa shape index (κ3) is 3.88. The van der Waals surface area contributed by atoms with Crippen LogP contribution in [-0.4, -0.2) is 37.0 Å². The Kier molecular flexibility index (Phi) is 3.92. The van der Waals surface area contributed by atoms with Crippen molar-refractivity contribution < 1.29 is 8.42 Å². The Morgan fingerprint density at radius 2 is 1.95 bits per heavy atom. The highest BCUT2D eigenvalue weighted by molar-refractivity contribution is 7.88. The monoisotopic (exact) mass is 294 g/mol. The molecule has 0 unspecified atom stereocenters. The number of benzene rings is 1. The maximum atomic E-state index is 11.3. The lowest BCUT2D eigenvalue weighted by molar-refractivity contribution is 0.476. The molecule has 7 heteroatoms. The minimum atomic E-state index is -3.25. The fourth-order valence-electron chi connectivity index (χ4n) is 2.00. The van der Waals surface area contributed by atoms with Gasteiger partial charge in [-0.25, -0.2) is 13.1 Å². The topological polar surface area (TPSA) is 84.0 Å². The largest absolute Gasteiger partial charge is 0.381 e. The van der Waals surface area contributed by atoms with Gasteiger partial charge in [0.05, 0.1) is 23.7 Å². The Labute approximate surface area is 118 Å². The van der Waals surface area contributed by atoms with Crippen molar-refractivity contribution in [3.05, 3.63) is 30.5 Å². The van der Waals surface area contributed by atoms with Crippen LogP contribution in [0.3, 0.4) is 0 Å². The lowest BCUT2D eigenvalue weighted by Gasteiger charge is -2.26. The lowest BCUT2D eigenvalue weighted by Crippen LogP contribution is -2.47. The average Bonchev–Trinajstić information content (AvgIpc) is 2.33. The molecule has 0 atom stereocenters. The first-order chi connectivity index (χ1) is 9.27. The van der Waals surface area contributed by atoms with Crippen LogP contribution in [0.25, 0.3) is 10.9 Å². The molecule has 1 aromatic carbocycles. The Morgan fingerprint density at radius 1 is 1.25 bits per heavy atom. The van der Waals surface area contributed by atoms with Gasteiger partial charge in [-0.05, 0) is 19.9 Å². The van der Waals surface area contributed by atoms with Crippen LogP contribution in [0.15, 0.2) is 30.5 Å². The number of fused-ring (bicyclic) bond motifs is 1. The summed E-state index contributed by atoms with van der Waals surface area (Å²) in [4.78, 5) is 0. The van der Waals surface area contributed by atoms with Crippen LogP contribution in [0.5, 0.6) is 0 Å². The molecule has 108 valence electrons. The lowest BCUT2D eigenvalue weighted by atomic mass is 10.1. The van der Waals surface area contributed by atoms with Gasteiger partial charge in [-0.3, -0.25) is 0 Å². The summed E-state index contributed by atoms with van der Waals surface area (Å²) in [6.45, 7) is 4.07. The molecular weight excluding hydrogens is 276 g/mol. The summed E-state index contributed by atoms with van der Waals surface area (Å²) < 4.78 is 25.2. The summed E-state index contributed by atoms with van der Waals surface area (Å²) in [5, 5.41) is 12.2. The van der Waals surface area contributed by atoms with Crippen LogP contribution in [-0.2, 0) is 10.0 Å². The Hall–Kier alpha value is -1.73. The van der Waals surface area contributed by atoms with E-state index in [0.717, 1.165) is 22.8 Å². The van der Waals surface area contributed by atoms with Gasteiger partial charge in [-0.2, -0.15) is 10.2 Å². The molecule has 0 amide bonds. The van der Waals surface area contributed by atoms with Crippen molar-refractivity contribution in [2.24, 2.45) is 0 Å². The number of aromatic nitrogens is 2. The van der Waals surface area contributed by atoms with Gasteiger partial charge in [0.2, 0.25) is 10.0 Å². The summed E-state index contributed by atoms with van der Waals surface area (Å²) in [6, 6.07) is 7.65. The molecular formula is C13H18N4O2S. The summed E-state index contributed by atoms with van der Waals surface area (Å²) in [5.41, 5.74) is 1.03. The number of anilines is 1. The van der Waals surface area contributed by atoms with E-state index >= 15 is 0 Å². The number of hydrogen-bond donors (Lipinski definition) is 2. The minimum absolute atomic E-state index is 0.440. The molecule has 6 nitrogen and oxygen atoms in total. The number of nitrogens with one attached hydrogen (secondary N) is 2. The third-order valence-corrected chi connectivity index (χ3v) is 3.65. The van der Waals surface area contributed by atoms with Crippen molar-refractivity contribution in [1.29, 1.82) is 0 Å². The van der Waals surface area contributed by atoms with Crippen molar-refractivity contribution >= 4 is 26.6 Å². The van der Waals surface area contributed by atoms with Crippen LogP contribution in [0.4, 0.5) is 5.69 Å². The van der Waals surface area contributed by atoms with Gasteiger partial charge >= 0.3 is 0 Å². The second-order valence-electron chi connectivity index (χ2n) is 5.39. The van der Waals surface area contributed by atoms with Gasteiger partial charge < -0.3 is 5.32 Å². The molecule has 0 bridgehead atoms. The zero-order chi connectivity index (χ0) is 14.8. The minimum Gasteiger partial charge on any atom is -0.381 e. The van der Waals surface area contributed by atoms with E-state index in [1.165, 1.54) is 0 Å². The predicted molar refractivity (Wildman–Crippen MR) is 80.1 cm³/mol. The molecule has 2 N–H and O–H groups in total. The second-order valence-corrected chi connectivity index (χ2v) is 7.14. The Balaban J connectivity index is 2.17. The maximum Gasteiger partial charge on any atom is 0.209 e. The maximum absolute atomic E-state index is 11.3. The average molecular weight is 294 g/mol. The van der Waals surface area contributed by atoms with E-state index in [9.17, 15) is 8.42 Å². The zero-order valence-corrected chi connectivity index (χ0v) is 12.5. The summed E-state index contributed by atoms with van der Waals surface area (Å²) in [6.07, 6.45) is 2.79. The number of sulfonamides is 1. The number of nitrogens with zero attached hydrogens (tertiary/aromatic N) is 2. The highest BCUT2D eigenvalue weighted by atomic mass is 32.2. The van der Waals surface area contributed by atoms with Crippen molar-refractivity contribution in [1.82, 2.24) is 14.9 Å². The van der Waals surface area contributed by atoms with Crippen molar-refractivity contribution in [3.8, 4) is 0 Å². The highest BCUT2D eigenvalue weighted by Crippen LogP contribution is 2.20. The number of hydrogen-bond acceptors (Lipinski definition) is 5. The van der Waals surface area contributed by atoms with Gasteiger partial charge in [0.1, 0.15) is 0 Å². The molecule has 1 heterocycles. The van der Waals surface area contributed by atoms with E-state index in [1.807, 2.05) is 38.1 Å². The summed E-state index contributed by atoms with van der Waals surface area (Å²) >= 11 is 0. The van der Waals surface area contributed by atoms with Gasteiger partial charge in [0.25, 0.3) is 0 Å². The molecule has 1 aromatic heterocycles. The zero-order valence-electron chi connectivity index (χ0n) is 11.7. The van der Waals surface area contributed by atoms with Gasteiger partial charge in [0.15, 0.2) is 0 Å². The fourth-order valence-corrected chi connectivity index (χ4v) is 3.08. The van der Waals surface area contributed by atoms with E-state index in [1.54, 1.807) is 6.20 Å². The Bertz CT molecular complexity index is 708. The fraction of sp³-hybridized carbons (Fsp3) is 0.385. The normalized spacial score (nSPS) is 12.6.